The SMILES string of the molecule is C[C@@H]1CCN(C)C12CCCC2. The van der Waals surface area contributed by atoms with Gasteiger partial charge in [0, 0.05) is 5.54 Å². The van der Waals surface area contributed by atoms with Crippen molar-refractivity contribution in [2.45, 2.75) is 44.6 Å². The van der Waals surface area contributed by atoms with Crippen LogP contribution in [0.3, 0.4) is 0 Å². The first-order valence-electron chi connectivity index (χ1n) is 4.97. The number of hydrogen-bond donors (Lipinski definition) is 0. The highest BCUT2D eigenvalue weighted by Gasteiger charge is 2.45. The minimum atomic E-state index is 0.639. The molecule has 1 aliphatic carbocycles. The van der Waals surface area contributed by atoms with Crippen LogP contribution in [0.2, 0.25) is 0 Å². The molecule has 0 aromatic rings. The third kappa shape index (κ3) is 0.936. The largest absolute Gasteiger partial charge is 0.300 e. The van der Waals surface area contributed by atoms with E-state index in [1.54, 1.807) is 0 Å². The van der Waals surface area contributed by atoms with Gasteiger partial charge >= 0.3 is 0 Å². The summed E-state index contributed by atoms with van der Waals surface area (Å²) in [5.41, 5.74) is 0.639. The fourth-order valence-corrected chi connectivity index (χ4v) is 3.12. The van der Waals surface area contributed by atoms with Gasteiger partial charge in [-0.2, -0.15) is 0 Å². The molecule has 1 heterocycles. The summed E-state index contributed by atoms with van der Waals surface area (Å²) >= 11 is 0. The predicted octanol–water partition coefficient (Wildman–Crippen LogP) is 2.27. The van der Waals surface area contributed by atoms with Crippen molar-refractivity contribution in [1.82, 2.24) is 4.90 Å². The van der Waals surface area contributed by atoms with Crippen LogP contribution < -0.4 is 0 Å². The minimum Gasteiger partial charge on any atom is -0.300 e. The quantitative estimate of drug-likeness (QED) is 0.516. The van der Waals surface area contributed by atoms with E-state index in [4.69, 9.17) is 0 Å². The van der Waals surface area contributed by atoms with Gasteiger partial charge in [-0.1, -0.05) is 19.8 Å². The van der Waals surface area contributed by atoms with Crippen LogP contribution in [0.25, 0.3) is 0 Å². The molecular weight excluding hydrogens is 134 g/mol. The average Bonchev–Trinajstić information content (AvgIpc) is 2.56. The van der Waals surface area contributed by atoms with Crippen LogP contribution in [0.5, 0.6) is 0 Å². The van der Waals surface area contributed by atoms with Gasteiger partial charge in [0.2, 0.25) is 0 Å². The predicted molar refractivity (Wildman–Crippen MR) is 47.6 cm³/mol. The summed E-state index contributed by atoms with van der Waals surface area (Å²) in [6, 6.07) is 0. The topological polar surface area (TPSA) is 3.24 Å². The van der Waals surface area contributed by atoms with E-state index in [2.05, 4.69) is 18.9 Å². The highest BCUT2D eigenvalue weighted by molar-refractivity contribution is 5.01. The summed E-state index contributed by atoms with van der Waals surface area (Å²) in [6.45, 7) is 3.77. The van der Waals surface area contributed by atoms with Crippen molar-refractivity contribution >= 4 is 0 Å². The van der Waals surface area contributed by atoms with Gasteiger partial charge in [-0.05, 0) is 38.8 Å². The van der Waals surface area contributed by atoms with Gasteiger partial charge in [-0.15, -0.1) is 0 Å². The van der Waals surface area contributed by atoms with Gasteiger partial charge in [-0.25, -0.2) is 0 Å². The lowest BCUT2D eigenvalue weighted by Gasteiger charge is -2.35. The zero-order valence-electron chi connectivity index (χ0n) is 7.77. The van der Waals surface area contributed by atoms with Crippen LogP contribution in [-0.2, 0) is 0 Å². The smallest absolute Gasteiger partial charge is 0.0232 e. The molecule has 1 saturated carbocycles. The van der Waals surface area contributed by atoms with Crippen molar-refractivity contribution in [1.29, 1.82) is 0 Å². The maximum Gasteiger partial charge on any atom is 0.0232 e. The summed E-state index contributed by atoms with van der Waals surface area (Å²) in [4.78, 5) is 2.62. The third-order valence-electron chi connectivity index (χ3n) is 4.04. The molecule has 2 fully saturated rings. The minimum absolute atomic E-state index is 0.639. The van der Waals surface area contributed by atoms with Crippen molar-refractivity contribution in [3.05, 3.63) is 0 Å². The van der Waals surface area contributed by atoms with Crippen LogP contribution in [0, 0.1) is 5.92 Å². The first-order chi connectivity index (χ1) is 5.26. The fraction of sp³-hybridized carbons (Fsp3) is 1.00. The standard InChI is InChI=1S/C10H19N/c1-9-5-8-11(2)10(9)6-3-4-7-10/h9H,3-8H2,1-2H3/t9-/m1/s1. The highest BCUT2D eigenvalue weighted by Crippen LogP contribution is 2.45. The molecule has 2 aliphatic rings. The Balaban J connectivity index is 2.19. The average molecular weight is 153 g/mol. The molecule has 0 N–H and O–H groups in total. The summed E-state index contributed by atoms with van der Waals surface area (Å²) in [5, 5.41) is 0. The molecule has 1 spiro atoms. The van der Waals surface area contributed by atoms with Crippen molar-refractivity contribution in [2.75, 3.05) is 13.6 Å². The van der Waals surface area contributed by atoms with Crippen molar-refractivity contribution in [2.24, 2.45) is 5.92 Å². The molecule has 1 heteroatoms. The van der Waals surface area contributed by atoms with E-state index < -0.39 is 0 Å². The van der Waals surface area contributed by atoms with E-state index in [-0.39, 0.29) is 0 Å². The lowest BCUT2D eigenvalue weighted by molar-refractivity contribution is 0.143. The fourth-order valence-electron chi connectivity index (χ4n) is 3.12. The normalized spacial score (nSPS) is 37.1. The van der Waals surface area contributed by atoms with E-state index in [1.807, 2.05) is 0 Å². The van der Waals surface area contributed by atoms with Gasteiger partial charge in [0.05, 0.1) is 0 Å². The maximum absolute atomic E-state index is 2.62. The second-order valence-electron chi connectivity index (χ2n) is 4.42. The molecule has 2 rings (SSSR count). The van der Waals surface area contributed by atoms with Gasteiger partial charge < -0.3 is 4.90 Å². The Hall–Kier alpha value is -0.0400. The number of hydrogen-bond acceptors (Lipinski definition) is 1. The van der Waals surface area contributed by atoms with E-state index in [0.717, 1.165) is 5.92 Å². The Morgan fingerprint density at radius 3 is 2.36 bits per heavy atom. The Morgan fingerprint density at radius 1 is 1.27 bits per heavy atom. The number of nitrogens with zero attached hydrogens (tertiary/aromatic N) is 1. The van der Waals surface area contributed by atoms with E-state index >= 15 is 0 Å². The third-order valence-corrected chi connectivity index (χ3v) is 4.04. The zero-order valence-corrected chi connectivity index (χ0v) is 7.77. The molecule has 1 saturated heterocycles. The van der Waals surface area contributed by atoms with Gasteiger partial charge in [0.1, 0.15) is 0 Å². The molecule has 1 nitrogen and oxygen atoms in total. The Morgan fingerprint density at radius 2 is 1.91 bits per heavy atom. The second-order valence-corrected chi connectivity index (χ2v) is 4.42. The molecule has 0 unspecified atom stereocenters. The monoisotopic (exact) mass is 153 g/mol. The van der Waals surface area contributed by atoms with Crippen LogP contribution in [-0.4, -0.2) is 24.0 Å². The molecule has 0 amide bonds. The molecule has 0 radical (unpaired) electrons. The Kier molecular flexibility index (Phi) is 1.71. The summed E-state index contributed by atoms with van der Waals surface area (Å²) in [5.74, 6) is 0.954. The van der Waals surface area contributed by atoms with Crippen LogP contribution in [0.1, 0.15) is 39.0 Å². The second kappa shape index (κ2) is 2.48. The molecule has 11 heavy (non-hydrogen) atoms. The van der Waals surface area contributed by atoms with Gasteiger partial charge in [0.15, 0.2) is 0 Å². The number of likely N-dealkylation sites (tertiary alicyclic amines) is 1. The zero-order chi connectivity index (χ0) is 7.90. The maximum atomic E-state index is 2.62. The van der Waals surface area contributed by atoms with E-state index in [9.17, 15) is 0 Å². The molecule has 0 aromatic carbocycles. The lowest BCUT2D eigenvalue weighted by Crippen LogP contribution is -2.42. The van der Waals surface area contributed by atoms with Crippen LogP contribution in [0.4, 0.5) is 0 Å². The summed E-state index contributed by atoms with van der Waals surface area (Å²) in [7, 11) is 2.31. The summed E-state index contributed by atoms with van der Waals surface area (Å²) < 4.78 is 0. The Labute approximate surface area is 69.8 Å². The highest BCUT2D eigenvalue weighted by atomic mass is 15.2. The van der Waals surface area contributed by atoms with Gasteiger partial charge in [-0.3, -0.25) is 0 Å². The van der Waals surface area contributed by atoms with Crippen LogP contribution >= 0.6 is 0 Å². The van der Waals surface area contributed by atoms with E-state index in [0.29, 0.717) is 5.54 Å². The van der Waals surface area contributed by atoms with Crippen LogP contribution in [0.15, 0.2) is 0 Å². The summed E-state index contributed by atoms with van der Waals surface area (Å²) in [6.07, 6.45) is 7.29. The first-order valence-corrected chi connectivity index (χ1v) is 4.97. The van der Waals surface area contributed by atoms with Crippen molar-refractivity contribution in [3.63, 3.8) is 0 Å². The first kappa shape index (κ1) is 7.60. The number of rotatable bonds is 0. The molecule has 64 valence electrons. The molecule has 1 aliphatic heterocycles. The molecule has 0 bridgehead atoms. The van der Waals surface area contributed by atoms with Crippen molar-refractivity contribution < 1.29 is 0 Å². The molecular formula is C10H19N. The van der Waals surface area contributed by atoms with Gasteiger partial charge in [0.25, 0.3) is 0 Å². The molecule has 0 aromatic heterocycles. The Bertz CT molecular complexity index is 135. The van der Waals surface area contributed by atoms with Crippen molar-refractivity contribution in [3.8, 4) is 0 Å². The molecule has 1 atom stereocenters. The van der Waals surface area contributed by atoms with E-state index in [1.165, 1.54) is 38.6 Å². The lowest BCUT2D eigenvalue weighted by atomic mass is 9.85.